The van der Waals surface area contributed by atoms with Gasteiger partial charge < -0.3 is 5.32 Å². The van der Waals surface area contributed by atoms with Crippen LogP contribution in [-0.2, 0) is 0 Å². The van der Waals surface area contributed by atoms with Crippen molar-refractivity contribution in [1.29, 1.82) is 0 Å². The molecule has 2 heterocycles. The van der Waals surface area contributed by atoms with E-state index in [1.807, 2.05) is 62.4 Å². The first kappa shape index (κ1) is 16.7. The molecule has 0 aliphatic rings. The van der Waals surface area contributed by atoms with Crippen LogP contribution in [0.3, 0.4) is 0 Å². The van der Waals surface area contributed by atoms with Gasteiger partial charge in [0.15, 0.2) is 5.69 Å². The van der Waals surface area contributed by atoms with E-state index in [2.05, 4.69) is 25.8 Å². The first-order chi connectivity index (χ1) is 13.1. The molecule has 0 spiro atoms. The summed E-state index contributed by atoms with van der Waals surface area (Å²) in [5.74, 6) is -0.296. The Balaban J connectivity index is 1.57. The molecule has 2 aromatic heterocycles. The lowest BCUT2D eigenvalue weighted by atomic mass is 10.1. The topological polar surface area (TPSA) is 88.5 Å². The van der Waals surface area contributed by atoms with Crippen LogP contribution in [0.1, 0.15) is 21.7 Å². The van der Waals surface area contributed by atoms with Gasteiger partial charge in [-0.25, -0.2) is 4.68 Å². The monoisotopic (exact) mass is 358 g/mol. The molecule has 2 N–H and O–H groups in total. The molecule has 2 aromatic carbocycles. The molecule has 0 aliphatic carbocycles. The third-order valence-corrected chi connectivity index (χ3v) is 4.34. The molecule has 0 atom stereocenters. The fraction of sp³-hybridized carbons (Fsp3) is 0.100. The molecule has 4 aromatic rings. The molecular formula is C20H18N6O. The average molecular weight is 358 g/mol. The number of amides is 1. The van der Waals surface area contributed by atoms with Crippen molar-refractivity contribution in [3.05, 3.63) is 77.9 Å². The smallest absolute Gasteiger partial charge is 0.278 e. The Hall–Kier alpha value is -3.74. The molecule has 134 valence electrons. The number of aromatic amines is 1. The summed E-state index contributed by atoms with van der Waals surface area (Å²) in [7, 11) is 0. The van der Waals surface area contributed by atoms with E-state index in [1.54, 1.807) is 17.1 Å². The van der Waals surface area contributed by atoms with Gasteiger partial charge in [0.2, 0.25) is 0 Å². The summed E-state index contributed by atoms with van der Waals surface area (Å²) >= 11 is 0. The lowest BCUT2D eigenvalue weighted by Crippen LogP contribution is -2.14. The number of aryl methyl sites for hydroxylation is 1. The first-order valence-electron chi connectivity index (χ1n) is 8.52. The van der Waals surface area contributed by atoms with Crippen LogP contribution in [0, 0.1) is 13.8 Å². The summed E-state index contributed by atoms with van der Waals surface area (Å²) in [6.07, 6.45) is 3.54. The normalized spacial score (nSPS) is 10.7. The molecule has 0 bridgehead atoms. The quantitative estimate of drug-likeness (QED) is 0.584. The van der Waals surface area contributed by atoms with Gasteiger partial charge in [-0.2, -0.15) is 5.10 Å². The number of nitrogens with zero attached hydrogens (tertiary/aromatic N) is 4. The number of carbonyl (C=O) groups excluding carboxylic acids is 1. The molecule has 1 amide bonds. The number of anilines is 1. The highest BCUT2D eigenvalue weighted by molar-refractivity contribution is 6.03. The van der Waals surface area contributed by atoms with Gasteiger partial charge in [-0.05, 0) is 43.7 Å². The highest BCUT2D eigenvalue weighted by Crippen LogP contribution is 2.22. The molecule has 0 saturated carbocycles. The second-order valence-corrected chi connectivity index (χ2v) is 6.29. The second-order valence-electron chi connectivity index (χ2n) is 6.29. The van der Waals surface area contributed by atoms with Gasteiger partial charge in [-0.1, -0.05) is 35.0 Å². The number of aromatic nitrogens is 5. The molecule has 0 saturated heterocycles. The Morgan fingerprint density at radius 1 is 1.07 bits per heavy atom. The van der Waals surface area contributed by atoms with Crippen molar-refractivity contribution in [3.8, 4) is 16.8 Å². The number of rotatable bonds is 4. The van der Waals surface area contributed by atoms with Gasteiger partial charge in [-0.15, -0.1) is 5.10 Å². The van der Waals surface area contributed by atoms with Crippen molar-refractivity contribution in [3.63, 3.8) is 0 Å². The molecule has 0 aliphatic heterocycles. The number of hydrogen-bond donors (Lipinski definition) is 2. The highest BCUT2D eigenvalue weighted by Gasteiger charge is 2.17. The van der Waals surface area contributed by atoms with E-state index in [4.69, 9.17) is 0 Å². The minimum Gasteiger partial charge on any atom is -0.321 e. The molecule has 0 fully saturated rings. The van der Waals surface area contributed by atoms with Crippen molar-refractivity contribution in [2.24, 2.45) is 0 Å². The Kier molecular flexibility index (Phi) is 4.25. The minimum absolute atomic E-state index is 0.296. The molecule has 0 radical (unpaired) electrons. The zero-order valence-electron chi connectivity index (χ0n) is 15.0. The zero-order valence-corrected chi connectivity index (χ0v) is 15.0. The van der Waals surface area contributed by atoms with Crippen LogP contribution < -0.4 is 5.32 Å². The fourth-order valence-electron chi connectivity index (χ4n) is 2.85. The van der Waals surface area contributed by atoms with E-state index in [1.165, 1.54) is 0 Å². The van der Waals surface area contributed by atoms with Crippen LogP contribution in [0.2, 0.25) is 0 Å². The van der Waals surface area contributed by atoms with Gasteiger partial charge in [0, 0.05) is 17.4 Å². The maximum Gasteiger partial charge on any atom is 0.278 e. The number of carbonyl (C=O) groups is 1. The van der Waals surface area contributed by atoms with Gasteiger partial charge in [-0.3, -0.25) is 9.89 Å². The Bertz CT molecular complexity index is 1080. The van der Waals surface area contributed by atoms with E-state index in [9.17, 15) is 4.79 Å². The largest absolute Gasteiger partial charge is 0.321 e. The minimum atomic E-state index is -0.296. The van der Waals surface area contributed by atoms with Crippen molar-refractivity contribution in [2.45, 2.75) is 13.8 Å². The Morgan fingerprint density at radius 3 is 2.63 bits per heavy atom. The van der Waals surface area contributed by atoms with Crippen LogP contribution in [-0.4, -0.2) is 31.1 Å². The molecule has 7 nitrogen and oxygen atoms in total. The third-order valence-electron chi connectivity index (χ3n) is 4.34. The van der Waals surface area contributed by atoms with E-state index in [0.29, 0.717) is 17.1 Å². The number of benzene rings is 2. The highest BCUT2D eigenvalue weighted by atomic mass is 16.2. The zero-order chi connectivity index (χ0) is 18.8. The number of hydrogen-bond acceptors (Lipinski definition) is 4. The fourth-order valence-corrected chi connectivity index (χ4v) is 2.85. The Morgan fingerprint density at radius 2 is 1.89 bits per heavy atom. The van der Waals surface area contributed by atoms with Crippen LogP contribution >= 0.6 is 0 Å². The lowest BCUT2D eigenvalue weighted by Gasteiger charge is -2.07. The number of nitrogens with one attached hydrogen (secondary N) is 2. The Labute approximate surface area is 156 Å². The van der Waals surface area contributed by atoms with Crippen molar-refractivity contribution < 1.29 is 4.79 Å². The van der Waals surface area contributed by atoms with E-state index in [0.717, 1.165) is 22.4 Å². The molecular weight excluding hydrogens is 340 g/mol. The number of H-pyrrole nitrogens is 1. The molecule has 4 rings (SSSR count). The van der Waals surface area contributed by atoms with Crippen LogP contribution in [0.4, 0.5) is 5.69 Å². The predicted molar refractivity (Wildman–Crippen MR) is 103 cm³/mol. The van der Waals surface area contributed by atoms with Gasteiger partial charge in [0.05, 0.1) is 17.6 Å². The van der Waals surface area contributed by atoms with E-state index in [-0.39, 0.29) is 5.91 Å². The summed E-state index contributed by atoms with van der Waals surface area (Å²) in [6.45, 7) is 3.85. The van der Waals surface area contributed by atoms with Crippen LogP contribution in [0.15, 0.2) is 60.9 Å². The molecule has 27 heavy (non-hydrogen) atoms. The van der Waals surface area contributed by atoms with Gasteiger partial charge in [0.25, 0.3) is 5.91 Å². The summed E-state index contributed by atoms with van der Waals surface area (Å²) in [5, 5.41) is 17.8. The summed E-state index contributed by atoms with van der Waals surface area (Å²) in [6, 6.07) is 15.5. The van der Waals surface area contributed by atoms with Crippen LogP contribution in [0.5, 0.6) is 0 Å². The van der Waals surface area contributed by atoms with Crippen molar-refractivity contribution in [2.75, 3.05) is 5.32 Å². The summed E-state index contributed by atoms with van der Waals surface area (Å²) in [4.78, 5) is 12.7. The standard InChI is InChI=1S/C20H18N6O/c1-13-6-8-18(9-7-13)26-14(2)19(24-25-26)20(27)23-17-5-3-4-15(10-17)16-11-21-22-12-16/h3-12H,1-2H3,(H,21,22)(H,23,27). The lowest BCUT2D eigenvalue weighted by molar-refractivity contribution is 0.102. The summed E-state index contributed by atoms with van der Waals surface area (Å²) < 4.78 is 1.66. The van der Waals surface area contributed by atoms with Gasteiger partial charge in [0.1, 0.15) is 0 Å². The van der Waals surface area contributed by atoms with E-state index >= 15 is 0 Å². The summed E-state index contributed by atoms with van der Waals surface area (Å²) in [5.41, 5.74) is 5.60. The van der Waals surface area contributed by atoms with E-state index < -0.39 is 0 Å². The average Bonchev–Trinajstić information content (AvgIpc) is 3.33. The molecule has 0 unspecified atom stereocenters. The van der Waals surface area contributed by atoms with Crippen LogP contribution in [0.25, 0.3) is 16.8 Å². The molecule has 7 heteroatoms. The van der Waals surface area contributed by atoms with Crippen molar-refractivity contribution >= 4 is 11.6 Å². The maximum absolute atomic E-state index is 12.7. The van der Waals surface area contributed by atoms with Crippen molar-refractivity contribution in [1.82, 2.24) is 25.2 Å². The third kappa shape index (κ3) is 3.35. The SMILES string of the molecule is Cc1ccc(-n2nnc(C(=O)Nc3cccc(-c4cn[nH]c4)c3)c2C)cc1. The van der Waals surface area contributed by atoms with Gasteiger partial charge >= 0.3 is 0 Å². The maximum atomic E-state index is 12.7. The second kappa shape index (κ2) is 6.87. The predicted octanol–water partition coefficient (Wildman–Crippen LogP) is 3.53. The first-order valence-corrected chi connectivity index (χ1v) is 8.52.